The number of benzene rings is 2. The Morgan fingerprint density at radius 3 is 2.30 bits per heavy atom. The quantitative estimate of drug-likeness (QED) is 0.710. The van der Waals surface area contributed by atoms with Gasteiger partial charge in [-0.2, -0.15) is 0 Å². The van der Waals surface area contributed by atoms with Crippen molar-refractivity contribution in [3.8, 4) is 0 Å². The molecule has 0 aromatic heterocycles. The maximum absolute atomic E-state index is 12.3. The van der Waals surface area contributed by atoms with Crippen LogP contribution in [0.25, 0.3) is 0 Å². The van der Waals surface area contributed by atoms with Gasteiger partial charge in [0.15, 0.2) is 5.78 Å². The smallest absolute Gasteiger partial charge is 0.175 e. The number of Topliss-reactive ketones (excluding diaryl/α,β-unsaturated/α-hetero) is 1. The van der Waals surface area contributed by atoms with Crippen molar-refractivity contribution in [3.63, 3.8) is 0 Å². The molecule has 2 aromatic carbocycles. The number of carbonyl (C=O) groups excluding carboxylic acids is 1. The normalized spacial score (nSPS) is 12.2. The maximum Gasteiger partial charge on any atom is 0.175 e. The fourth-order valence-corrected chi connectivity index (χ4v) is 2.88. The van der Waals surface area contributed by atoms with E-state index in [0.717, 1.165) is 16.3 Å². The standard InChI is InChI=1S/C17H17ClOS/c1-12-3-7-15(8-4-12)17(19)13(2)20-11-14-5-9-16(18)10-6-14/h3-10,13H,11H2,1-2H3. The van der Waals surface area contributed by atoms with E-state index in [1.165, 1.54) is 11.1 Å². The molecule has 2 rings (SSSR count). The lowest BCUT2D eigenvalue weighted by atomic mass is 10.1. The molecular weight excluding hydrogens is 288 g/mol. The molecular formula is C17H17ClOS. The van der Waals surface area contributed by atoms with Crippen molar-refractivity contribution in [2.45, 2.75) is 24.9 Å². The van der Waals surface area contributed by atoms with E-state index in [2.05, 4.69) is 0 Å². The van der Waals surface area contributed by atoms with Crippen molar-refractivity contribution in [1.82, 2.24) is 0 Å². The lowest BCUT2D eigenvalue weighted by molar-refractivity contribution is 0.0994. The van der Waals surface area contributed by atoms with Crippen LogP contribution in [0.2, 0.25) is 5.02 Å². The van der Waals surface area contributed by atoms with Crippen LogP contribution >= 0.6 is 23.4 Å². The number of aryl methyl sites for hydroxylation is 1. The van der Waals surface area contributed by atoms with Crippen LogP contribution in [-0.4, -0.2) is 11.0 Å². The zero-order chi connectivity index (χ0) is 14.5. The molecule has 1 nitrogen and oxygen atoms in total. The first-order chi connectivity index (χ1) is 9.56. The Balaban J connectivity index is 1.94. The minimum atomic E-state index is -0.0478. The molecule has 0 aliphatic heterocycles. The molecule has 0 amide bonds. The first kappa shape index (κ1) is 15.1. The molecule has 0 N–H and O–H groups in total. The van der Waals surface area contributed by atoms with E-state index in [4.69, 9.17) is 11.6 Å². The zero-order valence-electron chi connectivity index (χ0n) is 11.6. The number of rotatable bonds is 5. The second kappa shape index (κ2) is 6.96. The van der Waals surface area contributed by atoms with Gasteiger partial charge in [0.1, 0.15) is 0 Å². The van der Waals surface area contributed by atoms with Crippen molar-refractivity contribution >= 4 is 29.1 Å². The molecule has 0 aliphatic rings. The van der Waals surface area contributed by atoms with Crippen molar-refractivity contribution in [2.24, 2.45) is 0 Å². The molecule has 0 radical (unpaired) electrons. The Morgan fingerprint density at radius 1 is 1.10 bits per heavy atom. The maximum atomic E-state index is 12.3. The van der Waals surface area contributed by atoms with Gasteiger partial charge in [-0.15, -0.1) is 11.8 Å². The summed E-state index contributed by atoms with van der Waals surface area (Å²) in [5, 5.41) is 0.691. The van der Waals surface area contributed by atoms with Gasteiger partial charge < -0.3 is 0 Å². The molecule has 1 atom stereocenters. The Bertz CT molecular complexity index is 575. The zero-order valence-corrected chi connectivity index (χ0v) is 13.2. The summed E-state index contributed by atoms with van der Waals surface area (Å²) >= 11 is 7.51. The SMILES string of the molecule is Cc1ccc(C(=O)C(C)SCc2ccc(Cl)cc2)cc1. The van der Waals surface area contributed by atoms with Gasteiger partial charge in [-0.25, -0.2) is 0 Å². The number of hydrogen-bond acceptors (Lipinski definition) is 2. The molecule has 104 valence electrons. The summed E-state index contributed by atoms with van der Waals surface area (Å²) in [6.07, 6.45) is 0. The summed E-state index contributed by atoms with van der Waals surface area (Å²) in [6, 6.07) is 15.5. The Kier molecular flexibility index (Phi) is 5.27. The summed E-state index contributed by atoms with van der Waals surface area (Å²) in [5.74, 6) is 1.000. The molecule has 0 saturated heterocycles. The number of halogens is 1. The minimum Gasteiger partial charge on any atom is -0.293 e. The van der Waals surface area contributed by atoms with E-state index in [-0.39, 0.29) is 11.0 Å². The van der Waals surface area contributed by atoms with Crippen LogP contribution in [0.1, 0.15) is 28.4 Å². The van der Waals surface area contributed by atoms with Crippen molar-refractivity contribution in [2.75, 3.05) is 0 Å². The largest absolute Gasteiger partial charge is 0.293 e. The average Bonchev–Trinajstić information content (AvgIpc) is 2.46. The summed E-state index contributed by atoms with van der Waals surface area (Å²) in [5.41, 5.74) is 3.14. The summed E-state index contributed by atoms with van der Waals surface area (Å²) in [7, 11) is 0. The van der Waals surface area contributed by atoms with Crippen molar-refractivity contribution in [3.05, 3.63) is 70.2 Å². The molecule has 0 aliphatic carbocycles. The first-order valence-electron chi connectivity index (χ1n) is 6.53. The molecule has 0 spiro atoms. The molecule has 0 heterocycles. The summed E-state index contributed by atoms with van der Waals surface area (Å²) in [6.45, 7) is 3.98. The minimum absolute atomic E-state index is 0.0478. The lowest BCUT2D eigenvalue weighted by Crippen LogP contribution is -2.13. The predicted octanol–water partition coefficient (Wildman–Crippen LogP) is 5.15. The number of hydrogen-bond donors (Lipinski definition) is 0. The summed E-state index contributed by atoms with van der Waals surface area (Å²) in [4.78, 5) is 12.3. The highest BCUT2D eigenvalue weighted by Gasteiger charge is 2.15. The van der Waals surface area contributed by atoms with E-state index in [0.29, 0.717) is 0 Å². The summed E-state index contributed by atoms with van der Waals surface area (Å²) < 4.78 is 0. The molecule has 0 bridgehead atoms. The van der Waals surface area contributed by atoms with Crippen molar-refractivity contribution < 1.29 is 4.79 Å². The Morgan fingerprint density at radius 2 is 1.70 bits per heavy atom. The fourth-order valence-electron chi connectivity index (χ4n) is 1.83. The van der Waals surface area contributed by atoms with Crippen LogP contribution in [0.5, 0.6) is 0 Å². The van der Waals surface area contributed by atoms with Crippen LogP contribution in [0.4, 0.5) is 0 Å². The predicted molar refractivity (Wildman–Crippen MR) is 87.7 cm³/mol. The topological polar surface area (TPSA) is 17.1 Å². The van der Waals surface area contributed by atoms with Gasteiger partial charge in [0.05, 0.1) is 5.25 Å². The molecule has 0 saturated carbocycles. The van der Waals surface area contributed by atoms with Gasteiger partial charge in [-0.05, 0) is 31.5 Å². The van der Waals surface area contributed by atoms with Crippen LogP contribution in [0.3, 0.4) is 0 Å². The van der Waals surface area contributed by atoms with Gasteiger partial charge in [0, 0.05) is 16.3 Å². The lowest BCUT2D eigenvalue weighted by Gasteiger charge is -2.10. The third-order valence-corrected chi connectivity index (χ3v) is 4.58. The van der Waals surface area contributed by atoms with Gasteiger partial charge in [0.2, 0.25) is 0 Å². The highest BCUT2D eigenvalue weighted by Crippen LogP contribution is 2.22. The number of thioether (sulfide) groups is 1. The van der Waals surface area contributed by atoms with Gasteiger partial charge in [-0.1, -0.05) is 53.6 Å². The van der Waals surface area contributed by atoms with E-state index in [9.17, 15) is 4.79 Å². The van der Waals surface area contributed by atoms with E-state index >= 15 is 0 Å². The average molecular weight is 305 g/mol. The Hall–Kier alpha value is -1.25. The molecule has 1 unspecified atom stereocenters. The van der Waals surface area contributed by atoms with E-state index in [1.807, 2.05) is 62.4 Å². The molecule has 20 heavy (non-hydrogen) atoms. The number of ketones is 1. The second-order valence-corrected chi connectivity index (χ2v) is 6.58. The third-order valence-electron chi connectivity index (χ3n) is 3.12. The van der Waals surface area contributed by atoms with Crippen LogP contribution < -0.4 is 0 Å². The number of carbonyl (C=O) groups is 1. The highest BCUT2D eigenvalue weighted by molar-refractivity contribution is 7.99. The monoisotopic (exact) mass is 304 g/mol. The highest BCUT2D eigenvalue weighted by atomic mass is 35.5. The van der Waals surface area contributed by atoms with Crippen LogP contribution in [0, 0.1) is 6.92 Å². The first-order valence-corrected chi connectivity index (χ1v) is 7.96. The van der Waals surface area contributed by atoms with Gasteiger partial charge >= 0.3 is 0 Å². The van der Waals surface area contributed by atoms with E-state index in [1.54, 1.807) is 11.8 Å². The van der Waals surface area contributed by atoms with Crippen LogP contribution in [-0.2, 0) is 5.75 Å². The van der Waals surface area contributed by atoms with Crippen LogP contribution in [0.15, 0.2) is 48.5 Å². The van der Waals surface area contributed by atoms with Gasteiger partial charge in [0.25, 0.3) is 0 Å². The third kappa shape index (κ3) is 4.12. The molecule has 2 aromatic rings. The second-order valence-electron chi connectivity index (χ2n) is 4.81. The molecule has 0 fully saturated rings. The van der Waals surface area contributed by atoms with Crippen molar-refractivity contribution in [1.29, 1.82) is 0 Å². The fraction of sp³-hybridized carbons (Fsp3) is 0.235. The molecule has 3 heteroatoms. The van der Waals surface area contributed by atoms with E-state index < -0.39 is 0 Å². The van der Waals surface area contributed by atoms with Gasteiger partial charge in [-0.3, -0.25) is 4.79 Å². The Labute approximate surface area is 129 Å².